The van der Waals surface area contributed by atoms with Crippen LogP contribution in [0.15, 0.2) is 55.0 Å². The van der Waals surface area contributed by atoms with E-state index < -0.39 is 5.97 Å². The van der Waals surface area contributed by atoms with Crippen molar-refractivity contribution in [3.8, 4) is 11.3 Å². The molecule has 6 heteroatoms. The van der Waals surface area contributed by atoms with Gasteiger partial charge in [-0.2, -0.15) is 0 Å². The molecule has 0 bridgehead atoms. The summed E-state index contributed by atoms with van der Waals surface area (Å²) < 4.78 is 8.32. The molecule has 1 aliphatic heterocycles. The van der Waals surface area contributed by atoms with E-state index in [1.165, 1.54) is 11.1 Å². The number of aromatic nitrogens is 2. The number of carbonyl (C=O) groups is 1. The van der Waals surface area contributed by atoms with E-state index in [0.29, 0.717) is 18.6 Å². The maximum atomic E-state index is 11.2. The van der Waals surface area contributed by atoms with Gasteiger partial charge in [0.15, 0.2) is 0 Å². The highest BCUT2D eigenvalue weighted by molar-refractivity contribution is 5.89. The molecule has 0 radical (unpaired) electrons. The van der Waals surface area contributed by atoms with Crippen LogP contribution < -0.4 is 0 Å². The molecule has 33 heavy (non-hydrogen) atoms. The Labute approximate surface area is 193 Å². The molecule has 0 spiro atoms. The van der Waals surface area contributed by atoms with Crippen LogP contribution in [0, 0.1) is 12.8 Å². The SMILES string of the molecule is Cc1cc(COC2CCC(C(O)CC3c4ccccc4-c4cncn43)CC2)ccc1C(=O)O. The van der Waals surface area contributed by atoms with Gasteiger partial charge in [-0.05, 0) is 67.7 Å². The second-order valence-corrected chi connectivity index (χ2v) is 9.39. The number of fused-ring (bicyclic) bond motifs is 3. The van der Waals surface area contributed by atoms with Crippen LogP contribution in [0.3, 0.4) is 0 Å². The number of aromatic carboxylic acids is 1. The third kappa shape index (κ3) is 4.33. The molecule has 2 N–H and O–H groups in total. The van der Waals surface area contributed by atoms with Crippen LogP contribution >= 0.6 is 0 Å². The Kier molecular flexibility index (Phi) is 6.04. The van der Waals surface area contributed by atoms with Crippen LogP contribution in [0.25, 0.3) is 11.3 Å². The first-order chi connectivity index (χ1) is 16.0. The Balaban J connectivity index is 1.14. The number of aryl methyl sites for hydroxylation is 1. The Bertz CT molecular complexity index is 1150. The summed E-state index contributed by atoms with van der Waals surface area (Å²) in [5.74, 6) is -0.621. The number of imidazole rings is 1. The number of nitrogens with zero attached hydrogens (tertiary/aromatic N) is 2. The van der Waals surface area contributed by atoms with Crippen molar-refractivity contribution in [2.45, 2.75) is 63.9 Å². The number of aliphatic hydroxyl groups is 1. The summed E-state index contributed by atoms with van der Waals surface area (Å²) in [6.45, 7) is 2.30. The number of aliphatic hydroxyl groups excluding tert-OH is 1. The minimum Gasteiger partial charge on any atom is -0.478 e. The van der Waals surface area contributed by atoms with Gasteiger partial charge < -0.3 is 19.5 Å². The Hall–Kier alpha value is -2.96. The van der Waals surface area contributed by atoms with Crippen molar-refractivity contribution >= 4 is 5.97 Å². The van der Waals surface area contributed by atoms with E-state index in [-0.39, 0.29) is 24.2 Å². The zero-order chi connectivity index (χ0) is 22.9. The normalized spacial score (nSPS) is 22.5. The molecule has 2 aromatic carbocycles. The molecular formula is C27H30N2O4. The molecule has 1 saturated carbocycles. The number of benzene rings is 2. The highest BCUT2D eigenvalue weighted by atomic mass is 16.5. The predicted octanol–water partition coefficient (Wildman–Crippen LogP) is 4.99. The second-order valence-electron chi connectivity index (χ2n) is 9.39. The predicted molar refractivity (Wildman–Crippen MR) is 125 cm³/mol. The average Bonchev–Trinajstić information content (AvgIpc) is 3.40. The molecule has 2 heterocycles. The zero-order valence-corrected chi connectivity index (χ0v) is 18.9. The van der Waals surface area contributed by atoms with Gasteiger partial charge in [0.05, 0.1) is 48.6 Å². The molecule has 2 aliphatic rings. The van der Waals surface area contributed by atoms with E-state index in [1.54, 1.807) is 6.07 Å². The zero-order valence-electron chi connectivity index (χ0n) is 18.9. The van der Waals surface area contributed by atoms with Gasteiger partial charge in [-0.1, -0.05) is 36.4 Å². The first kappa shape index (κ1) is 21.9. The standard InChI is InChI=1S/C27H30N2O4/c1-17-12-18(6-11-21(17)27(31)32)15-33-20-9-7-19(8-10-20)26(30)13-24-22-4-2-3-5-23(22)25-14-28-16-29(24)25/h2-6,11-12,14,16,19-20,24,26,30H,7-10,13,15H2,1H3,(H,31,32). The fraction of sp³-hybridized carbons (Fsp3) is 0.407. The van der Waals surface area contributed by atoms with Gasteiger partial charge in [-0.3, -0.25) is 0 Å². The number of hydrogen-bond acceptors (Lipinski definition) is 4. The lowest BCUT2D eigenvalue weighted by Gasteiger charge is -2.33. The number of carboxylic acids is 1. The molecule has 1 fully saturated rings. The molecule has 1 aliphatic carbocycles. The minimum absolute atomic E-state index is 0.139. The number of carboxylic acid groups (broad SMARTS) is 1. The van der Waals surface area contributed by atoms with Crippen molar-refractivity contribution in [3.05, 3.63) is 77.2 Å². The van der Waals surface area contributed by atoms with Crippen LogP contribution in [0.5, 0.6) is 0 Å². The van der Waals surface area contributed by atoms with Crippen LogP contribution in [-0.4, -0.2) is 37.9 Å². The maximum Gasteiger partial charge on any atom is 0.335 e. The summed E-state index contributed by atoms with van der Waals surface area (Å²) in [4.78, 5) is 15.5. The van der Waals surface area contributed by atoms with E-state index in [1.807, 2.05) is 31.6 Å². The van der Waals surface area contributed by atoms with Gasteiger partial charge in [-0.25, -0.2) is 9.78 Å². The Morgan fingerprint density at radius 3 is 2.73 bits per heavy atom. The maximum absolute atomic E-state index is 11.2. The van der Waals surface area contributed by atoms with Gasteiger partial charge in [0.1, 0.15) is 0 Å². The second kappa shape index (κ2) is 9.12. The molecule has 2 unspecified atom stereocenters. The Morgan fingerprint density at radius 1 is 1.18 bits per heavy atom. The lowest BCUT2D eigenvalue weighted by Crippen LogP contribution is -2.30. The third-order valence-electron chi connectivity index (χ3n) is 7.33. The summed E-state index contributed by atoms with van der Waals surface area (Å²) in [6, 6.07) is 13.9. The van der Waals surface area contributed by atoms with Crippen molar-refractivity contribution in [2.24, 2.45) is 5.92 Å². The quantitative estimate of drug-likeness (QED) is 0.534. The van der Waals surface area contributed by atoms with Crippen molar-refractivity contribution in [3.63, 3.8) is 0 Å². The van der Waals surface area contributed by atoms with E-state index in [0.717, 1.165) is 42.5 Å². The van der Waals surface area contributed by atoms with Crippen molar-refractivity contribution in [1.82, 2.24) is 9.55 Å². The molecule has 6 nitrogen and oxygen atoms in total. The fourth-order valence-electron chi connectivity index (χ4n) is 5.50. The number of ether oxygens (including phenoxy) is 1. The highest BCUT2D eigenvalue weighted by Gasteiger charge is 2.33. The smallest absolute Gasteiger partial charge is 0.335 e. The van der Waals surface area contributed by atoms with Crippen LogP contribution in [-0.2, 0) is 11.3 Å². The van der Waals surface area contributed by atoms with E-state index >= 15 is 0 Å². The molecule has 2 atom stereocenters. The summed E-state index contributed by atoms with van der Waals surface area (Å²) in [6.07, 6.45) is 8.08. The molecular weight excluding hydrogens is 416 g/mol. The summed E-state index contributed by atoms with van der Waals surface area (Å²) in [5, 5.41) is 20.3. The molecule has 0 saturated heterocycles. The van der Waals surface area contributed by atoms with E-state index in [2.05, 4.69) is 33.8 Å². The van der Waals surface area contributed by atoms with Gasteiger partial charge in [-0.15, -0.1) is 0 Å². The summed E-state index contributed by atoms with van der Waals surface area (Å²) in [7, 11) is 0. The first-order valence-electron chi connectivity index (χ1n) is 11.7. The largest absolute Gasteiger partial charge is 0.478 e. The van der Waals surface area contributed by atoms with Gasteiger partial charge in [0, 0.05) is 5.56 Å². The lowest BCUT2D eigenvalue weighted by atomic mass is 9.81. The average molecular weight is 447 g/mol. The van der Waals surface area contributed by atoms with Crippen molar-refractivity contribution in [1.29, 1.82) is 0 Å². The van der Waals surface area contributed by atoms with Gasteiger partial charge in [0.25, 0.3) is 0 Å². The molecule has 0 amide bonds. The third-order valence-corrected chi connectivity index (χ3v) is 7.33. The van der Waals surface area contributed by atoms with Crippen molar-refractivity contribution in [2.75, 3.05) is 0 Å². The molecule has 3 aromatic rings. The van der Waals surface area contributed by atoms with Crippen LogP contribution in [0.4, 0.5) is 0 Å². The summed E-state index contributed by atoms with van der Waals surface area (Å²) in [5.41, 5.74) is 5.71. The van der Waals surface area contributed by atoms with Crippen molar-refractivity contribution < 1.29 is 19.7 Å². The van der Waals surface area contributed by atoms with Crippen LogP contribution in [0.1, 0.15) is 65.2 Å². The number of rotatable bonds is 7. The highest BCUT2D eigenvalue weighted by Crippen LogP contribution is 2.42. The van der Waals surface area contributed by atoms with E-state index in [9.17, 15) is 15.0 Å². The number of hydrogen-bond donors (Lipinski definition) is 2. The molecule has 172 valence electrons. The van der Waals surface area contributed by atoms with Gasteiger partial charge in [0.2, 0.25) is 0 Å². The minimum atomic E-state index is -0.901. The first-order valence-corrected chi connectivity index (χ1v) is 11.7. The lowest BCUT2D eigenvalue weighted by molar-refractivity contribution is -0.0160. The van der Waals surface area contributed by atoms with Gasteiger partial charge >= 0.3 is 5.97 Å². The topological polar surface area (TPSA) is 84.6 Å². The Morgan fingerprint density at radius 2 is 1.97 bits per heavy atom. The van der Waals surface area contributed by atoms with E-state index in [4.69, 9.17) is 4.74 Å². The molecule has 1 aromatic heterocycles. The van der Waals surface area contributed by atoms with Crippen LogP contribution in [0.2, 0.25) is 0 Å². The monoisotopic (exact) mass is 446 g/mol. The summed E-state index contributed by atoms with van der Waals surface area (Å²) >= 11 is 0. The molecule has 5 rings (SSSR count). The fourth-order valence-corrected chi connectivity index (χ4v) is 5.50.